The summed E-state index contributed by atoms with van der Waals surface area (Å²) in [7, 11) is 1.59. The van der Waals surface area contributed by atoms with Crippen molar-refractivity contribution in [3.8, 4) is 0 Å². The molecule has 1 saturated heterocycles. The molecule has 4 nitrogen and oxygen atoms in total. The zero-order chi connectivity index (χ0) is 22.8. The SMILES string of the molecule is CCc1cccc2c(/C=C3\SC(=S)N(CCOC)C3=O)cn(Cc3c(F)cccc3Cl)c12. The molecule has 0 atom stereocenters. The van der Waals surface area contributed by atoms with Gasteiger partial charge in [0.25, 0.3) is 5.91 Å². The third-order valence-electron chi connectivity index (χ3n) is 5.46. The van der Waals surface area contributed by atoms with Crippen LogP contribution in [-0.4, -0.2) is 40.0 Å². The molecule has 0 radical (unpaired) electrons. The molecule has 4 rings (SSSR count). The van der Waals surface area contributed by atoms with Crippen LogP contribution in [0, 0.1) is 5.82 Å². The van der Waals surface area contributed by atoms with E-state index in [-0.39, 0.29) is 11.7 Å². The van der Waals surface area contributed by atoms with Crippen molar-refractivity contribution >= 4 is 62.8 Å². The molecule has 0 N–H and O–H groups in total. The number of amides is 1. The summed E-state index contributed by atoms with van der Waals surface area (Å²) in [5, 5.41) is 1.39. The number of nitrogens with zero attached hydrogens (tertiary/aromatic N) is 2. The summed E-state index contributed by atoms with van der Waals surface area (Å²) >= 11 is 13.0. The van der Waals surface area contributed by atoms with Crippen molar-refractivity contribution in [2.75, 3.05) is 20.3 Å². The fourth-order valence-electron chi connectivity index (χ4n) is 3.86. The van der Waals surface area contributed by atoms with Crippen molar-refractivity contribution in [3.05, 3.63) is 75.0 Å². The smallest absolute Gasteiger partial charge is 0.266 e. The Hall–Kier alpha value is -2.19. The molecule has 0 bridgehead atoms. The fourth-order valence-corrected chi connectivity index (χ4v) is 5.38. The number of ether oxygens (including phenoxy) is 1. The number of aromatic nitrogens is 1. The Morgan fingerprint density at radius 1 is 1.25 bits per heavy atom. The summed E-state index contributed by atoms with van der Waals surface area (Å²) in [5.41, 5.74) is 3.47. The molecular formula is C24H22ClFN2O2S2. The number of aryl methyl sites for hydroxylation is 1. The number of carbonyl (C=O) groups excluding carboxylic acids is 1. The van der Waals surface area contributed by atoms with E-state index in [1.807, 2.05) is 29.0 Å². The molecule has 1 aliphatic heterocycles. The first kappa shape index (κ1) is 23.0. The van der Waals surface area contributed by atoms with Crippen LogP contribution < -0.4 is 0 Å². The van der Waals surface area contributed by atoms with Gasteiger partial charge >= 0.3 is 0 Å². The topological polar surface area (TPSA) is 34.5 Å². The Bertz CT molecular complexity index is 1220. The van der Waals surface area contributed by atoms with Crippen LogP contribution in [-0.2, 0) is 22.5 Å². The van der Waals surface area contributed by atoms with Gasteiger partial charge in [-0.3, -0.25) is 9.69 Å². The third kappa shape index (κ3) is 4.35. The molecule has 8 heteroatoms. The van der Waals surface area contributed by atoms with E-state index in [1.54, 1.807) is 24.1 Å². The second-order valence-corrected chi connectivity index (χ2v) is 9.49. The Morgan fingerprint density at radius 3 is 2.75 bits per heavy atom. The molecule has 1 aromatic heterocycles. The minimum atomic E-state index is -0.339. The minimum absolute atomic E-state index is 0.123. The van der Waals surface area contributed by atoms with Gasteiger partial charge in [-0.2, -0.15) is 0 Å². The summed E-state index contributed by atoms with van der Waals surface area (Å²) in [6, 6.07) is 10.8. The number of methoxy groups -OCH3 is 1. The third-order valence-corrected chi connectivity index (χ3v) is 7.19. The number of rotatable bonds is 7. The van der Waals surface area contributed by atoms with Crippen LogP contribution in [0.1, 0.15) is 23.6 Å². The first-order chi connectivity index (χ1) is 15.4. The molecule has 0 spiro atoms. The van der Waals surface area contributed by atoms with Crippen molar-refractivity contribution in [1.82, 2.24) is 9.47 Å². The number of para-hydroxylation sites is 1. The predicted octanol–water partition coefficient (Wildman–Crippen LogP) is 5.89. The van der Waals surface area contributed by atoms with Crippen molar-refractivity contribution < 1.29 is 13.9 Å². The molecule has 1 fully saturated rings. The number of hydrogen-bond donors (Lipinski definition) is 0. The lowest BCUT2D eigenvalue weighted by Gasteiger charge is -2.12. The van der Waals surface area contributed by atoms with Gasteiger partial charge < -0.3 is 9.30 Å². The van der Waals surface area contributed by atoms with E-state index in [4.69, 9.17) is 28.6 Å². The molecule has 3 aromatic rings. The van der Waals surface area contributed by atoms with Gasteiger partial charge in [-0.1, -0.05) is 66.8 Å². The zero-order valence-corrected chi connectivity index (χ0v) is 20.1. The second-order valence-electron chi connectivity index (χ2n) is 7.41. The van der Waals surface area contributed by atoms with Crippen LogP contribution >= 0.6 is 35.6 Å². The quantitative estimate of drug-likeness (QED) is 0.306. The van der Waals surface area contributed by atoms with Gasteiger partial charge in [-0.15, -0.1) is 0 Å². The second kappa shape index (κ2) is 9.75. The number of benzene rings is 2. The highest BCUT2D eigenvalue weighted by Crippen LogP contribution is 2.35. The average Bonchev–Trinajstić information content (AvgIpc) is 3.26. The normalized spacial score (nSPS) is 15.5. The Kier molecular flexibility index (Phi) is 7.00. The predicted molar refractivity (Wildman–Crippen MR) is 134 cm³/mol. The number of carbonyl (C=O) groups is 1. The Morgan fingerprint density at radius 2 is 2.03 bits per heavy atom. The van der Waals surface area contributed by atoms with Crippen molar-refractivity contribution in [2.45, 2.75) is 19.9 Å². The van der Waals surface area contributed by atoms with Gasteiger partial charge in [0.1, 0.15) is 10.1 Å². The highest BCUT2D eigenvalue weighted by molar-refractivity contribution is 8.26. The van der Waals surface area contributed by atoms with Crippen LogP contribution in [0.2, 0.25) is 5.02 Å². The molecule has 0 unspecified atom stereocenters. The standard InChI is InChI=1S/C24H22ClFN2O2S2/c1-3-15-6-4-7-17-16(12-21-23(29)28(10-11-30-2)24(31)32-21)13-27(22(15)17)14-18-19(25)8-5-9-20(18)26/h4-9,12-13H,3,10-11,14H2,1-2H3/b21-12-. The van der Waals surface area contributed by atoms with Crippen LogP contribution in [0.25, 0.3) is 17.0 Å². The molecular weight excluding hydrogens is 467 g/mol. The molecule has 0 aliphatic carbocycles. The maximum atomic E-state index is 14.5. The molecule has 1 aliphatic rings. The maximum absolute atomic E-state index is 14.5. The summed E-state index contributed by atoms with van der Waals surface area (Å²) in [6.45, 7) is 3.22. The van der Waals surface area contributed by atoms with Crippen LogP contribution in [0.15, 0.2) is 47.5 Å². The van der Waals surface area contributed by atoms with E-state index < -0.39 is 0 Å². The zero-order valence-electron chi connectivity index (χ0n) is 17.7. The average molecular weight is 489 g/mol. The van der Waals surface area contributed by atoms with E-state index >= 15 is 0 Å². The number of fused-ring (bicyclic) bond motifs is 1. The monoisotopic (exact) mass is 488 g/mol. The number of thioether (sulfide) groups is 1. The van der Waals surface area contributed by atoms with Gasteiger partial charge in [0.05, 0.1) is 30.1 Å². The largest absolute Gasteiger partial charge is 0.383 e. The Labute approximate surface area is 201 Å². The number of halogens is 2. The van der Waals surface area contributed by atoms with Crippen LogP contribution in [0.3, 0.4) is 0 Å². The van der Waals surface area contributed by atoms with Crippen LogP contribution in [0.5, 0.6) is 0 Å². The van der Waals surface area contributed by atoms with Crippen molar-refractivity contribution in [1.29, 1.82) is 0 Å². The van der Waals surface area contributed by atoms with E-state index in [0.717, 1.165) is 28.5 Å². The molecule has 32 heavy (non-hydrogen) atoms. The van der Waals surface area contributed by atoms with Gasteiger partial charge in [-0.25, -0.2) is 4.39 Å². The molecule has 2 aromatic carbocycles. The summed E-state index contributed by atoms with van der Waals surface area (Å²) in [6.07, 6.45) is 4.65. The summed E-state index contributed by atoms with van der Waals surface area (Å²) in [4.78, 5) is 15.0. The van der Waals surface area contributed by atoms with Gasteiger partial charge in [0.15, 0.2) is 0 Å². The molecule has 1 amide bonds. The van der Waals surface area contributed by atoms with Crippen molar-refractivity contribution in [2.24, 2.45) is 0 Å². The lowest BCUT2D eigenvalue weighted by molar-refractivity contribution is -0.122. The number of thiocarbonyl (C=S) groups is 1. The fraction of sp³-hybridized carbons (Fsp3) is 0.250. The molecule has 2 heterocycles. The first-order valence-corrected chi connectivity index (χ1v) is 11.8. The van der Waals surface area contributed by atoms with Crippen LogP contribution in [0.4, 0.5) is 4.39 Å². The van der Waals surface area contributed by atoms with E-state index in [9.17, 15) is 9.18 Å². The van der Waals surface area contributed by atoms with E-state index in [0.29, 0.717) is 39.5 Å². The van der Waals surface area contributed by atoms with E-state index in [1.165, 1.54) is 17.8 Å². The number of hydrogen-bond acceptors (Lipinski definition) is 4. The Balaban J connectivity index is 1.79. The summed E-state index contributed by atoms with van der Waals surface area (Å²) < 4.78 is 22.1. The highest BCUT2D eigenvalue weighted by atomic mass is 35.5. The van der Waals surface area contributed by atoms with E-state index in [2.05, 4.69) is 13.0 Å². The molecule has 0 saturated carbocycles. The van der Waals surface area contributed by atoms with Gasteiger partial charge in [0.2, 0.25) is 0 Å². The first-order valence-electron chi connectivity index (χ1n) is 10.2. The van der Waals surface area contributed by atoms with Crippen molar-refractivity contribution in [3.63, 3.8) is 0 Å². The highest BCUT2D eigenvalue weighted by Gasteiger charge is 2.32. The minimum Gasteiger partial charge on any atom is -0.383 e. The van der Waals surface area contributed by atoms with Gasteiger partial charge in [-0.05, 0) is 30.2 Å². The molecule has 166 valence electrons. The lowest BCUT2D eigenvalue weighted by atomic mass is 10.1. The summed E-state index contributed by atoms with van der Waals surface area (Å²) in [5.74, 6) is -0.462. The maximum Gasteiger partial charge on any atom is 0.266 e. The lowest BCUT2D eigenvalue weighted by Crippen LogP contribution is -2.31. The van der Waals surface area contributed by atoms with Gasteiger partial charge in [0, 0.05) is 34.8 Å².